The Kier molecular flexibility index (Phi) is 5.44. The molecule has 100 valence electrons. The molecule has 0 aromatic rings. The van der Waals surface area contributed by atoms with Crippen LogP contribution in [0.1, 0.15) is 65.7 Å². The van der Waals surface area contributed by atoms with Gasteiger partial charge in [-0.2, -0.15) is 0 Å². The van der Waals surface area contributed by atoms with Crippen LogP contribution in [0.15, 0.2) is 0 Å². The van der Waals surface area contributed by atoms with Crippen LogP contribution in [0.2, 0.25) is 0 Å². The molecule has 1 atom stereocenters. The van der Waals surface area contributed by atoms with Gasteiger partial charge in [0, 0.05) is 18.0 Å². The van der Waals surface area contributed by atoms with E-state index in [1.165, 1.54) is 38.5 Å². The minimum absolute atomic E-state index is 0.0919. The van der Waals surface area contributed by atoms with Crippen LogP contribution in [0.5, 0.6) is 0 Å². The third-order valence-electron chi connectivity index (χ3n) is 3.61. The van der Waals surface area contributed by atoms with Gasteiger partial charge in [-0.05, 0) is 39.5 Å². The summed E-state index contributed by atoms with van der Waals surface area (Å²) in [5, 5.41) is 3.11. The highest BCUT2D eigenvalue weighted by atomic mass is 16.1. The van der Waals surface area contributed by atoms with Gasteiger partial charge in [-0.1, -0.05) is 25.7 Å². The van der Waals surface area contributed by atoms with Crippen LogP contribution in [0.25, 0.3) is 0 Å². The van der Waals surface area contributed by atoms with Gasteiger partial charge >= 0.3 is 0 Å². The molecular formula is C14H28N2O. The predicted molar refractivity (Wildman–Crippen MR) is 71.7 cm³/mol. The van der Waals surface area contributed by atoms with E-state index >= 15 is 0 Å². The molecule has 17 heavy (non-hydrogen) atoms. The quantitative estimate of drug-likeness (QED) is 0.742. The number of hydrogen-bond acceptors (Lipinski definition) is 2. The predicted octanol–water partition coefficient (Wildman–Crippen LogP) is 2.59. The molecule has 0 unspecified atom stereocenters. The van der Waals surface area contributed by atoms with E-state index in [9.17, 15) is 4.79 Å². The van der Waals surface area contributed by atoms with E-state index in [-0.39, 0.29) is 5.91 Å². The lowest BCUT2D eigenvalue weighted by Gasteiger charge is -2.25. The fraction of sp³-hybridized carbons (Fsp3) is 0.929. The van der Waals surface area contributed by atoms with Gasteiger partial charge in [0.1, 0.15) is 0 Å². The molecular weight excluding hydrogens is 212 g/mol. The first kappa shape index (κ1) is 14.5. The molecule has 0 saturated heterocycles. The van der Waals surface area contributed by atoms with Crippen LogP contribution < -0.4 is 11.1 Å². The Balaban J connectivity index is 2.36. The van der Waals surface area contributed by atoms with E-state index in [0.717, 1.165) is 0 Å². The van der Waals surface area contributed by atoms with Gasteiger partial charge in [0.15, 0.2) is 0 Å². The van der Waals surface area contributed by atoms with E-state index < -0.39 is 5.54 Å². The van der Waals surface area contributed by atoms with E-state index in [1.54, 1.807) is 0 Å². The van der Waals surface area contributed by atoms with Crippen LogP contribution in [-0.2, 0) is 4.79 Å². The second-order valence-corrected chi connectivity index (χ2v) is 6.27. The lowest BCUT2D eigenvalue weighted by molar-refractivity contribution is -0.123. The number of carbonyl (C=O) groups excluding carboxylic acids is 1. The zero-order chi connectivity index (χ0) is 12.9. The number of nitrogens with one attached hydrogen (secondary N) is 1. The average Bonchev–Trinajstić information content (AvgIpc) is 2.41. The molecule has 0 radical (unpaired) electrons. The lowest BCUT2D eigenvalue weighted by Crippen LogP contribution is -2.43. The number of carbonyl (C=O) groups is 1. The first-order valence-corrected chi connectivity index (χ1v) is 6.97. The molecule has 3 heteroatoms. The summed E-state index contributed by atoms with van der Waals surface area (Å²) in [5.41, 5.74) is 5.45. The minimum atomic E-state index is -0.409. The summed E-state index contributed by atoms with van der Waals surface area (Å²) in [5.74, 6) is 0.747. The molecule has 0 heterocycles. The van der Waals surface area contributed by atoms with Gasteiger partial charge in [0.05, 0.1) is 0 Å². The van der Waals surface area contributed by atoms with Crippen molar-refractivity contribution in [3.63, 3.8) is 0 Å². The number of hydrogen-bond donors (Lipinski definition) is 2. The van der Waals surface area contributed by atoms with Crippen molar-refractivity contribution in [2.45, 2.75) is 77.3 Å². The molecule has 1 fully saturated rings. The Morgan fingerprint density at radius 1 is 1.29 bits per heavy atom. The molecule has 3 nitrogen and oxygen atoms in total. The number of nitrogens with two attached hydrogens (primary N) is 1. The van der Waals surface area contributed by atoms with Crippen molar-refractivity contribution >= 4 is 5.91 Å². The van der Waals surface area contributed by atoms with E-state index in [1.807, 2.05) is 13.8 Å². The topological polar surface area (TPSA) is 55.1 Å². The van der Waals surface area contributed by atoms with Crippen molar-refractivity contribution < 1.29 is 4.79 Å². The smallest absolute Gasteiger partial charge is 0.222 e. The van der Waals surface area contributed by atoms with Crippen LogP contribution in [-0.4, -0.2) is 17.5 Å². The van der Waals surface area contributed by atoms with Gasteiger partial charge in [0.25, 0.3) is 0 Å². The van der Waals surface area contributed by atoms with Crippen molar-refractivity contribution in [2.24, 2.45) is 11.7 Å². The highest BCUT2D eigenvalue weighted by Crippen LogP contribution is 2.25. The summed E-state index contributed by atoms with van der Waals surface area (Å²) >= 11 is 0. The second-order valence-electron chi connectivity index (χ2n) is 6.27. The number of amides is 1. The Morgan fingerprint density at radius 3 is 2.29 bits per heavy atom. The molecule has 0 bridgehead atoms. The molecule has 3 N–H and O–H groups in total. The van der Waals surface area contributed by atoms with E-state index in [2.05, 4.69) is 12.2 Å². The minimum Gasteiger partial charge on any atom is -0.353 e. The standard InChI is InChI=1S/C14H28N2O/c1-11(12-8-6-4-5-7-9-12)16-13(17)10-14(2,3)15/h11-12H,4-10,15H2,1-3H3,(H,16,17)/t11-/m1/s1. The van der Waals surface area contributed by atoms with Crippen molar-refractivity contribution in [1.82, 2.24) is 5.32 Å². The fourth-order valence-electron chi connectivity index (χ4n) is 2.65. The summed E-state index contributed by atoms with van der Waals surface area (Å²) in [6.45, 7) is 5.92. The summed E-state index contributed by atoms with van der Waals surface area (Å²) < 4.78 is 0. The molecule has 0 aliphatic heterocycles. The van der Waals surface area contributed by atoms with Gasteiger partial charge in [-0.3, -0.25) is 4.79 Å². The summed E-state index contributed by atoms with van der Waals surface area (Å²) in [4.78, 5) is 11.8. The average molecular weight is 240 g/mol. The largest absolute Gasteiger partial charge is 0.353 e. The maximum absolute atomic E-state index is 11.8. The Labute approximate surface area is 106 Å². The maximum Gasteiger partial charge on any atom is 0.222 e. The van der Waals surface area contributed by atoms with Gasteiger partial charge in [-0.25, -0.2) is 0 Å². The highest BCUT2D eigenvalue weighted by Gasteiger charge is 2.22. The first-order chi connectivity index (χ1) is 7.88. The molecule has 0 spiro atoms. The molecule has 1 aliphatic rings. The van der Waals surface area contributed by atoms with Crippen molar-refractivity contribution in [2.75, 3.05) is 0 Å². The molecule has 1 aliphatic carbocycles. The van der Waals surface area contributed by atoms with Crippen molar-refractivity contribution in [1.29, 1.82) is 0 Å². The van der Waals surface area contributed by atoms with Gasteiger partial charge < -0.3 is 11.1 Å². The van der Waals surface area contributed by atoms with Crippen molar-refractivity contribution in [3.8, 4) is 0 Å². The van der Waals surface area contributed by atoms with Crippen LogP contribution in [0.3, 0.4) is 0 Å². The van der Waals surface area contributed by atoms with Gasteiger partial charge in [0.2, 0.25) is 5.91 Å². The number of rotatable bonds is 4. The SMILES string of the molecule is C[C@@H](NC(=O)CC(C)(C)N)C1CCCCCC1. The lowest BCUT2D eigenvalue weighted by atomic mass is 9.92. The molecule has 0 aromatic carbocycles. The normalized spacial score (nSPS) is 20.7. The third kappa shape index (κ3) is 6.06. The molecule has 1 rings (SSSR count). The van der Waals surface area contributed by atoms with E-state index in [4.69, 9.17) is 5.73 Å². The first-order valence-electron chi connectivity index (χ1n) is 6.97. The Hall–Kier alpha value is -0.570. The van der Waals surface area contributed by atoms with Gasteiger partial charge in [-0.15, -0.1) is 0 Å². The second kappa shape index (κ2) is 6.39. The van der Waals surface area contributed by atoms with Crippen LogP contribution in [0.4, 0.5) is 0 Å². The third-order valence-corrected chi connectivity index (χ3v) is 3.61. The molecule has 1 amide bonds. The Morgan fingerprint density at radius 2 is 1.82 bits per heavy atom. The van der Waals surface area contributed by atoms with Crippen LogP contribution in [0, 0.1) is 5.92 Å². The van der Waals surface area contributed by atoms with Crippen molar-refractivity contribution in [3.05, 3.63) is 0 Å². The fourth-order valence-corrected chi connectivity index (χ4v) is 2.65. The highest BCUT2D eigenvalue weighted by molar-refractivity contribution is 5.77. The summed E-state index contributed by atoms with van der Waals surface area (Å²) in [6, 6.07) is 0.294. The molecule has 1 saturated carbocycles. The van der Waals surface area contributed by atoms with E-state index in [0.29, 0.717) is 18.4 Å². The molecule has 0 aromatic heterocycles. The monoisotopic (exact) mass is 240 g/mol. The van der Waals surface area contributed by atoms with Crippen LogP contribution >= 0.6 is 0 Å². The zero-order valence-corrected chi connectivity index (χ0v) is 11.6. The summed E-state index contributed by atoms with van der Waals surface area (Å²) in [7, 11) is 0. The zero-order valence-electron chi connectivity index (χ0n) is 11.6. The Bertz CT molecular complexity index is 237. The maximum atomic E-state index is 11.8. The summed E-state index contributed by atoms with van der Waals surface area (Å²) in [6.07, 6.45) is 8.26.